The van der Waals surface area contributed by atoms with Gasteiger partial charge in [-0.3, -0.25) is 0 Å². The topological polar surface area (TPSA) is 102 Å². The molecule has 5 N–H and O–H groups in total. The van der Waals surface area contributed by atoms with Crippen LogP contribution < -0.4 is 11.1 Å². The molecule has 5 nitrogen and oxygen atoms in total. The molecular weight excluding hydrogens is 206 g/mol. The first-order chi connectivity index (χ1) is 7.48. The highest BCUT2D eigenvalue weighted by atomic mass is 16.3. The van der Waals surface area contributed by atoms with Crippen molar-refractivity contribution in [1.29, 1.82) is 5.26 Å². The number of benzene rings is 1. The van der Waals surface area contributed by atoms with E-state index in [2.05, 4.69) is 5.32 Å². The van der Waals surface area contributed by atoms with E-state index in [9.17, 15) is 5.11 Å². The monoisotopic (exact) mass is 221 g/mol. The predicted octanol–water partition coefficient (Wildman–Crippen LogP) is 0.296. The summed E-state index contributed by atoms with van der Waals surface area (Å²) in [7, 11) is 0. The van der Waals surface area contributed by atoms with E-state index in [-0.39, 0.29) is 13.2 Å². The fourth-order valence-electron chi connectivity index (χ4n) is 1.12. The van der Waals surface area contributed by atoms with Crippen molar-refractivity contribution in [3.8, 4) is 6.07 Å². The smallest absolute Gasteiger partial charge is 0.102 e. The van der Waals surface area contributed by atoms with Crippen molar-refractivity contribution in [1.82, 2.24) is 0 Å². The zero-order valence-corrected chi connectivity index (χ0v) is 9.07. The minimum Gasteiger partial charge on any atom is -0.397 e. The Balaban J connectivity index is 2.78. The van der Waals surface area contributed by atoms with Crippen LogP contribution in [0.1, 0.15) is 12.5 Å². The summed E-state index contributed by atoms with van der Waals surface area (Å²) in [6, 6.07) is 6.83. The zero-order valence-electron chi connectivity index (χ0n) is 9.07. The molecule has 1 atom stereocenters. The molecule has 5 heteroatoms. The van der Waals surface area contributed by atoms with Crippen LogP contribution in [0.25, 0.3) is 0 Å². The number of aliphatic hydroxyl groups excluding tert-OH is 1. The summed E-state index contributed by atoms with van der Waals surface area (Å²) >= 11 is 0. The maximum atomic E-state index is 9.58. The Morgan fingerprint density at radius 3 is 2.81 bits per heavy atom. The molecule has 0 aliphatic heterocycles. The van der Waals surface area contributed by atoms with Gasteiger partial charge in [-0.2, -0.15) is 5.26 Å². The average Bonchev–Trinajstić information content (AvgIpc) is 2.28. The molecule has 0 bridgehead atoms. The Kier molecular flexibility index (Phi) is 3.72. The molecule has 1 unspecified atom stereocenters. The third-order valence-electron chi connectivity index (χ3n) is 2.18. The number of nitrogens with one attached hydrogen (secondary N) is 1. The molecule has 16 heavy (non-hydrogen) atoms. The second kappa shape index (κ2) is 4.84. The Labute approximate surface area is 94.1 Å². The molecular formula is C11H15N3O2. The number of nitriles is 1. The summed E-state index contributed by atoms with van der Waals surface area (Å²) in [5.41, 5.74) is 6.04. The molecule has 0 aliphatic carbocycles. The van der Waals surface area contributed by atoms with Gasteiger partial charge in [-0.05, 0) is 25.1 Å². The first-order valence-corrected chi connectivity index (χ1v) is 4.85. The number of nitrogens with two attached hydrogens (primary N) is 1. The van der Waals surface area contributed by atoms with Gasteiger partial charge in [0, 0.05) is 6.54 Å². The molecule has 0 heterocycles. The molecule has 0 fully saturated rings. The number of hydrogen-bond acceptors (Lipinski definition) is 5. The van der Waals surface area contributed by atoms with Crippen LogP contribution in [0.15, 0.2) is 18.2 Å². The first-order valence-electron chi connectivity index (χ1n) is 4.85. The summed E-state index contributed by atoms with van der Waals surface area (Å²) in [4.78, 5) is 0. The molecule has 0 aliphatic rings. The highest BCUT2D eigenvalue weighted by Crippen LogP contribution is 2.20. The van der Waals surface area contributed by atoms with Gasteiger partial charge in [0.15, 0.2) is 0 Å². The van der Waals surface area contributed by atoms with E-state index in [1.54, 1.807) is 18.2 Å². The Morgan fingerprint density at radius 1 is 1.56 bits per heavy atom. The molecule has 0 spiro atoms. The lowest BCUT2D eigenvalue weighted by atomic mass is 10.1. The van der Waals surface area contributed by atoms with Crippen LogP contribution >= 0.6 is 0 Å². The number of nitrogen functional groups attached to an aromatic ring is 1. The van der Waals surface area contributed by atoms with Crippen LogP contribution in [0.3, 0.4) is 0 Å². The second-order valence-corrected chi connectivity index (χ2v) is 3.92. The van der Waals surface area contributed by atoms with Crippen LogP contribution in [0.2, 0.25) is 0 Å². The maximum absolute atomic E-state index is 9.58. The molecule has 0 saturated carbocycles. The summed E-state index contributed by atoms with van der Waals surface area (Å²) in [5, 5.41) is 30.1. The number of aliphatic hydroxyl groups is 2. The van der Waals surface area contributed by atoms with Gasteiger partial charge in [-0.15, -0.1) is 0 Å². The van der Waals surface area contributed by atoms with E-state index in [1.807, 2.05) is 6.07 Å². The summed E-state index contributed by atoms with van der Waals surface area (Å²) in [6.07, 6.45) is 0. The van der Waals surface area contributed by atoms with E-state index in [0.29, 0.717) is 16.9 Å². The highest BCUT2D eigenvalue weighted by molar-refractivity contribution is 5.68. The standard InChI is InChI=1S/C11H15N3O2/c1-11(16,7-15)6-14-10-4-8(5-12)2-3-9(10)13/h2-4,14-16H,6-7,13H2,1H3. The normalized spacial score (nSPS) is 13.9. The molecule has 1 rings (SSSR count). The Bertz CT molecular complexity index is 410. The van der Waals surface area contributed by atoms with Gasteiger partial charge < -0.3 is 21.3 Å². The molecule has 0 amide bonds. The summed E-state index contributed by atoms with van der Waals surface area (Å²) in [5.74, 6) is 0. The maximum Gasteiger partial charge on any atom is 0.102 e. The fraction of sp³-hybridized carbons (Fsp3) is 0.364. The van der Waals surface area contributed by atoms with Gasteiger partial charge in [-0.1, -0.05) is 0 Å². The lowest BCUT2D eigenvalue weighted by Crippen LogP contribution is -2.37. The molecule has 0 aromatic heterocycles. The third-order valence-corrected chi connectivity index (χ3v) is 2.18. The minimum atomic E-state index is -1.21. The summed E-state index contributed by atoms with van der Waals surface area (Å²) in [6.45, 7) is 1.31. The van der Waals surface area contributed by atoms with Crippen molar-refractivity contribution in [3.63, 3.8) is 0 Å². The van der Waals surface area contributed by atoms with Crippen molar-refractivity contribution in [3.05, 3.63) is 23.8 Å². The van der Waals surface area contributed by atoms with Gasteiger partial charge in [0.1, 0.15) is 5.60 Å². The van der Waals surface area contributed by atoms with Crippen molar-refractivity contribution in [2.75, 3.05) is 24.2 Å². The minimum absolute atomic E-state index is 0.155. The molecule has 0 saturated heterocycles. The van der Waals surface area contributed by atoms with Crippen molar-refractivity contribution in [2.24, 2.45) is 0 Å². The van der Waals surface area contributed by atoms with E-state index in [1.165, 1.54) is 6.92 Å². The lowest BCUT2D eigenvalue weighted by molar-refractivity contribution is 0.0132. The largest absolute Gasteiger partial charge is 0.397 e. The van der Waals surface area contributed by atoms with Gasteiger partial charge in [-0.25, -0.2) is 0 Å². The summed E-state index contributed by atoms with van der Waals surface area (Å²) < 4.78 is 0. The SMILES string of the molecule is CC(O)(CO)CNc1cc(C#N)ccc1N. The van der Waals surface area contributed by atoms with Crippen molar-refractivity contribution < 1.29 is 10.2 Å². The first kappa shape index (κ1) is 12.3. The molecule has 1 aromatic rings. The van der Waals surface area contributed by atoms with Crippen molar-refractivity contribution in [2.45, 2.75) is 12.5 Å². The van der Waals surface area contributed by atoms with Gasteiger partial charge in [0.2, 0.25) is 0 Å². The second-order valence-electron chi connectivity index (χ2n) is 3.92. The van der Waals surface area contributed by atoms with E-state index < -0.39 is 5.60 Å². The van der Waals surface area contributed by atoms with Crippen LogP contribution in [-0.4, -0.2) is 29.0 Å². The van der Waals surface area contributed by atoms with Crippen LogP contribution in [0, 0.1) is 11.3 Å². The number of hydrogen-bond donors (Lipinski definition) is 4. The predicted molar refractivity (Wildman–Crippen MR) is 61.8 cm³/mol. The van der Waals surface area contributed by atoms with E-state index in [4.69, 9.17) is 16.1 Å². The van der Waals surface area contributed by atoms with Gasteiger partial charge >= 0.3 is 0 Å². The van der Waals surface area contributed by atoms with E-state index >= 15 is 0 Å². The number of nitrogens with zero attached hydrogens (tertiary/aromatic N) is 1. The zero-order chi connectivity index (χ0) is 12.2. The average molecular weight is 221 g/mol. The lowest BCUT2D eigenvalue weighted by Gasteiger charge is -2.22. The van der Waals surface area contributed by atoms with Crippen LogP contribution in [0.4, 0.5) is 11.4 Å². The van der Waals surface area contributed by atoms with Crippen LogP contribution in [-0.2, 0) is 0 Å². The molecule has 86 valence electrons. The Morgan fingerprint density at radius 2 is 2.25 bits per heavy atom. The van der Waals surface area contributed by atoms with Gasteiger partial charge in [0.25, 0.3) is 0 Å². The van der Waals surface area contributed by atoms with Crippen LogP contribution in [0.5, 0.6) is 0 Å². The molecule has 1 aromatic carbocycles. The quantitative estimate of drug-likeness (QED) is 0.547. The Hall–Kier alpha value is -1.77. The number of anilines is 2. The van der Waals surface area contributed by atoms with Crippen molar-refractivity contribution >= 4 is 11.4 Å². The molecule has 0 radical (unpaired) electrons. The number of rotatable bonds is 4. The van der Waals surface area contributed by atoms with E-state index in [0.717, 1.165) is 0 Å². The fourth-order valence-corrected chi connectivity index (χ4v) is 1.12. The highest BCUT2D eigenvalue weighted by Gasteiger charge is 2.18. The third kappa shape index (κ3) is 3.12. The van der Waals surface area contributed by atoms with Gasteiger partial charge in [0.05, 0.1) is 29.6 Å².